The first kappa shape index (κ1) is 20.3. The van der Waals surface area contributed by atoms with Gasteiger partial charge >= 0.3 is 0 Å². The molecule has 2 N–H and O–H groups in total. The number of benzene rings is 1. The molecule has 6 heteroatoms. The maximum Gasteiger partial charge on any atom is 0.191 e. The molecule has 0 radical (unpaired) electrons. The van der Waals surface area contributed by atoms with E-state index < -0.39 is 0 Å². The second-order valence-electron chi connectivity index (χ2n) is 7.11. The number of hydrogen-bond acceptors (Lipinski definition) is 3. The van der Waals surface area contributed by atoms with Crippen LogP contribution in [0.4, 0.5) is 5.69 Å². The van der Waals surface area contributed by atoms with Crippen molar-refractivity contribution in [2.75, 3.05) is 51.7 Å². The van der Waals surface area contributed by atoms with E-state index in [-0.39, 0.29) is 24.0 Å². The van der Waals surface area contributed by atoms with E-state index in [0.717, 1.165) is 37.9 Å². The Bertz CT molecular complexity index is 528. The second-order valence-corrected chi connectivity index (χ2v) is 7.11. The minimum absolute atomic E-state index is 0. The van der Waals surface area contributed by atoms with E-state index in [1.165, 1.54) is 31.6 Å². The van der Waals surface area contributed by atoms with Gasteiger partial charge in [0.1, 0.15) is 0 Å². The van der Waals surface area contributed by atoms with Gasteiger partial charge in [-0.1, -0.05) is 18.2 Å². The molecule has 1 aromatic carbocycles. The largest absolute Gasteiger partial charge is 0.369 e. The summed E-state index contributed by atoms with van der Waals surface area (Å²) in [6.07, 6.45) is 3.72. The van der Waals surface area contributed by atoms with E-state index in [0.29, 0.717) is 6.04 Å². The predicted molar refractivity (Wildman–Crippen MR) is 117 cm³/mol. The Morgan fingerprint density at radius 2 is 1.84 bits per heavy atom. The Morgan fingerprint density at radius 3 is 2.52 bits per heavy atom. The fraction of sp³-hybridized carbons (Fsp3) is 0.632. The lowest BCUT2D eigenvalue weighted by atomic mass is 9.97. The van der Waals surface area contributed by atoms with E-state index in [2.05, 4.69) is 62.8 Å². The van der Waals surface area contributed by atoms with Crippen LogP contribution in [0.25, 0.3) is 0 Å². The number of anilines is 1. The second kappa shape index (κ2) is 10.2. The molecule has 2 heterocycles. The van der Waals surface area contributed by atoms with Crippen molar-refractivity contribution >= 4 is 35.6 Å². The Hall–Kier alpha value is -1.02. The average molecular weight is 457 g/mol. The lowest BCUT2D eigenvalue weighted by Crippen LogP contribution is -2.46. The number of rotatable bonds is 4. The van der Waals surface area contributed by atoms with Gasteiger partial charge in [-0.3, -0.25) is 4.99 Å². The number of para-hydroxylation sites is 1. The first-order valence-electron chi connectivity index (χ1n) is 9.20. The summed E-state index contributed by atoms with van der Waals surface area (Å²) in [6.45, 7) is 5.61. The molecule has 140 valence electrons. The molecule has 0 aromatic heterocycles. The monoisotopic (exact) mass is 457 g/mol. The van der Waals surface area contributed by atoms with Crippen LogP contribution in [0, 0.1) is 5.92 Å². The maximum atomic E-state index is 4.41. The molecule has 2 aliphatic heterocycles. The van der Waals surface area contributed by atoms with Crippen molar-refractivity contribution in [1.29, 1.82) is 0 Å². The van der Waals surface area contributed by atoms with Crippen molar-refractivity contribution in [3.05, 3.63) is 30.3 Å². The number of hydrogen-bond donors (Lipinski definition) is 2. The van der Waals surface area contributed by atoms with Crippen LogP contribution < -0.4 is 15.5 Å². The molecule has 3 rings (SSSR count). The Labute approximate surface area is 169 Å². The van der Waals surface area contributed by atoms with E-state index in [1.54, 1.807) is 0 Å². The number of nitrogens with one attached hydrogen (secondary N) is 2. The summed E-state index contributed by atoms with van der Waals surface area (Å²) in [7, 11) is 4.08. The average Bonchev–Trinajstić information content (AvgIpc) is 3.09. The molecule has 1 atom stereocenters. The lowest BCUT2D eigenvalue weighted by Gasteiger charge is -2.29. The maximum absolute atomic E-state index is 4.41. The van der Waals surface area contributed by atoms with Gasteiger partial charge in [0.25, 0.3) is 0 Å². The van der Waals surface area contributed by atoms with E-state index in [1.807, 2.05) is 7.05 Å². The quantitative estimate of drug-likeness (QED) is 0.414. The fourth-order valence-corrected chi connectivity index (χ4v) is 3.65. The molecule has 1 unspecified atom stereocenters. The van der Waals surface area contributed by atoms with E-state index in [9.17, 15) is 0 Å². The lowest BCUT2D eigenvalue weighted by molar-refractivity contribution is 0.220. The first-order chi connectivity index (χ1) is 11.7. The van der Waals surface area contributed by atoms with Crippen LogP contribution in [0.3, 0.4) is 0 Å². The Kier molecular flexibility index (Phi) is 8.29. The number of halogens is 1. The Morgan fingerprint density at radius 1 is 1.12 bits per heavy atom. The fourth-order valence-electron chi connectivity index (χ4n) is 3.65. The van der Waals surface area contributed by atoms with Crippen molar-refractivity contribution in [2.45, 2.75) is 25.3 Å². The number of aliphatic imine (C=N–C) groups is 1. The van der Waals surface area contributed by atoms with Crippen LogP contribution >= 0.6 is 24.0 Å². The number of likely N-dealkylation sites (tertiary alicyclic amines) is 1. The third kappa shape index (κ3) is 6.02. The summed E-state index contributed by atoms with van der Waals surface area (Å²) >= 11 is 0. The highest BCUT2D eigenvalue weighted by Crippen LogP contribution is 2.19. The zero-order valence-electron chi connectivity index (χ0n) is 15.4. The summed E-state index contributed by atoms with van der Waals surface area (Å²) in [5, 5.41) is 7.14. The van der Waals surface area contributed by atoms with Crippen molar-refractivity contribution in [2.24, 2.45) is 10.9 Å². The van der Waals surface area contributed by atoms with Crippen molar-refractivity contribution in [1.82, 2.24) is 15.5 Å². The van der Waals surface area contributed by atoms with E-state index in [4.69, 9.17) is 0 Å². The smallest absolute Gasteiger partial charge is 0.191 e. The molecular weight excluding hydrogens is 425 g/mol. The highest BCUT2D eigenvalue weighted by Gasteiger charge is 2.23. The van der Waals surface area contributed by atoms with Crippen LogP contribution in [0.5, 0.6) is 0 Å². The van der Waals surface area contributed by atoms with Gasteiger partial charge in [0.2, 0.25) is 0 Å². The van der Waals surface area contributed by atoms with Crippen LogP contribution in [-0.4, -0.2) is 63.7 Å². The van der Waals surface area contributed by atoms with E-state index >= 15 is 0 Å². The van der Waals surface area contributed by atoms with Gasteiger partial charge in [-0.15, -0.1) is 24.0 Å². The summed E-state index contributed by atoms with van der Waals surface area (Å²) in [5.74, 6) is 1.72. The van der Waals surface area contributed by atoms with Crippen LogP contribution in [0.1, 0.15) is 19.3 Å². The molecular formula is C19H32IN5. The van der Waals surface area contributed by atoms with Gasteiger partial charge in [0.05, 0.1) is 0 Å². The molecule has 0 saturated carbocycles. The third-order valence-electron chi connectivity index (χ3n) is 5.27. The SMILES string of the molecule is CN=C(NCC1CCN(C)CC1)NC1CCN(c2ccccc2)C1.I. The normalized spacial score (nSPS) is 22.6. The van der Waals surface area contributed by atoms with Gasteiger partial charge in [0, 0.05) is 38.4 Å². The number of guanidine groups is 1. The molecule has 2 saturated heterocycles. The Balaban J connectivity index is 0.00000225. The van der Waals surface area contributed by atoms with Gasteiger partial charge in [0.15, 0.2) is 5.96 Å². The molecule has 0 bridgehead atoms. The molecule has 0 spiro atoms. The number of nitrogens with zero attached hydrogens (tertiary/aromatic N) is 3. The first-order valence-corrected chi connectivity index (χ1v) is 9.20. The van der Waals surface area contributed by atoms with Crippen molar-refractivity contribution in [3.63, 3.8) is 0 Å². The van der Waals surface area contributed by atoms with Crippen molar-refractivity contribution in [3.8, 4) is 0 Å². The zero-order valence-corrected chi connectivity index (χ0v) is 17.8. The third-order valence-corrected chi connectivity index (χ3v) is 5.27. The van der Waals surface area contributed by atoms with Crippen LogP contribution in [-0.2, 0) is 0 Å². The minimum atomic E-state index is 0. The van der Waals surface area contributed by atoms with Crippen molar-refractivity contribution < 1.29 is 0 Å². The topological polar surface area (TPSA) is 42.9 Å². The summed E-state index contributed by atoms with van der Waals surface area (Å²) in [6, 6.07) is 11.1. The van der Waals surface area contributed by atoms with Gasteiger partial charge in [-0.05, 0) is 57.5 Å². The molecule has 1 aromatic rings. The van der Waals surface area contributed by atoms with Gasteiger partial charge in [-0.2, -0.15) is 0 Å². The standard InChI is InChI=1S/C19H31N5.HI/c1-20-19(21-14-16-8-11-23(2)12-9-16)22-17-10-13-24(15-17)18-6-4-3-5-7-18;/h3-7,16-17H,8-15H2,1-2H3,(H2,20,21,22);1H. The zero-order chi connectivity index (χ0) is 16.8. The van der Waals surface area contributed by atoms with Gasteiger partial charge in [-0.25, -0.2) is 0 Å². The highest BCUT2D eigenvalue weighted by atomic mass is 127. The molecule has 25 heavy (non-hydrogen) atoms. The molecule has 0 amide bonds. The van der Waals surface area contributed by atoms with Crippen LogP contribution in [0.2, 0.25) is 0 Å². The highest BCUT2D eigenvalue weighted by molar-refractivity contribution is 14.0. The summed E-state index contributed by atoms with van der Waals surface area (Å²) in [4.78, 5) is 9.28. The summed E-state index contributed by atoms with van der Waals surface area (Å²) in [5.41, 5.74) is 1.32. The number of piperidine rings is 1. The molecule has 5 nitrogen and oxygen atoms in total. The molecule has 2 aliphatic rings. The molecule has 0 aliphatic carbocycles. The van der Waals surface area contributed by atoms with Gasteiger partial charge < -0.3 is 20.4 Å². The predicted octanol–water partition coefficient (Wildman–Crippen LogP) is 2.39. The minimum Gasteiger partial charge on any atom is -0.369 e. The van der Waals surface area contributed by atoms with Crippen LogP contribution in [0.15, 0.2) is 35.3 Å². The molecule has 2 fully saturated rings. The summed E-state index contributed by atoms with van der Waals surface area (Å²) < 4.78 is 0.